The van der Waals surface area contributed by atoms with Crippen LogP contribution in [0.1, 0.15) is 56.3 Å². The van der Waals surface area contributed by atoms with E-state index in [1.54, 1.807) is 0 Å². The number of ketones is 1. The Morgan fingerprint density at radius 2 is 1.82 bits per heavy atom. The van der Waals surface area contributed by atoms with Crippen molar-refractivity contribution in [2.24, 2.45) is 28.6 Å². The number of allylic oxidation sites excluding steroid dienone is 4. The molecule has 0 spiro atoms. The van der Waals surface area contributed by atoms with Crippen LogP contribution in [0.2, 0.25) is 0 Å². The summed E-state index contributed by atoms with van der Waals surface area (Å²) >= 11 is 0. The Morgan fingerprint density at radius 1 is 1.15 bits per heavy atom. The molecule has 39 heavy (non-hydrogen) atoms. The summed E-state index contributed by atoms with van der Waals surface area (Å²) in [7, 11) is 0. The number of alkyl halides is 5. The number of carbonyl (C=O) groups excluding carboxylic acids is 2. The highest BCUT2D eigenvalue weighted by Crippen LogP contribution is 2.71. The number of rotatable bonds is 3. The zero-order chi connectivity index (χ0) is 28.9. The van der Waals surface area contributed by atoms with E-state index in [-0.39, 0.29) is 12.0 Å². The summed E-state index contributed by atoms with van der Waals surface area (Å²) in [6.07, 6.45) is -6.11. The number of furan rings is 1. The first-order valence-electron chi connectivity index (χ1n) is 12.5. The molecule has 212 valence electrons. The number of esters is 1. The minimum Gasteiger partial charge on any atom is -0.478 e. The van der Waals surface area contributed by atoms with Crippen molar-refractivity contribution in [2.75, 3.05) is 0 Å². The highest BCUT2D eigenvalue weighted by molar-refractivity contribution is 6.01. The number of aliphatic hydroxyl groups is 1. The van der Waals surface area contributed by atoms with Crippen LogP contribution in [-0.4, -0.2) is 51.5 Å². The molecule has 1 unspecified atom stereocenters. The van der Waals surface area contributed by atoms with E-state index in [4.69, 9.17) is 4.74 Å². The third-order valence-electron chi connectivity index (χ3n) is 9.83. The topological polar surface area (TPSA) is 114 Å². The lowest BCUT2D eigenvalue weighted by atomic mass is 9.44. The summed E-state index contributed by atoms with van der Waals surface area (Å²) in [5, 5.41) is 21.8. The molecule has 1 heterocycles. The van der Waals surface area contributed by atoms with Gasteiger partial charge in [0.25, 0.3) is 0 Å². The predicted octanol–water partition coefficient (Wildman–Crippen LogP) is 4.84. The van der Waals surface area contributed by atoms with Crippen molar-refractivity contribution in [3.63, 3.8) is 0 Å². The lowest BCUT2D eigenvalue weighted by molar-refractivity contribution is -0.229. The molecular formula is C27H27F5O7. The highest BCUT2D eigenvalue weighted by Gasteiger charge is 2.78. The summed E-state index contributed by atoms with van der Waals surface area (Å²) in [4.78, 5) is 37.8. The van der Waals surface area contributed by atoms with Gasteiger partial charge in [0.1, 0.15) is 6.17 Å². The Kier molecular flexibility index (Phi) is 5.82. The number of halogens is 5. The number of aliphatic carboxylic acids is 1. The number of ether oxygens (including phenoxy) is 1. The predicted molar refractivity (Wildman–Crippen MR) is 123 cm³/mol. The van der Waals surface area contributed by atoms with Crippen molar-refractivity contribution in [1.29, 1.82) is 0 Å². The van der Waals surface area contributed by atoms with Crippen molar-refractivity contribution >= 4 is 17.7 Å². The molecule has 3 fully saturated rings. The van der Waals surface area contributed by atoms with Gasteiger partial charge in [-0.15, -0.1) is 0 Å². The van der Waals surface area contributed by atoms with Gasteiger partial charge in [0.2, 0.25) is 17.1 Å². The molecule has 0 aromatic carbocycles. The van der Waals surface area contributed by atoms with E-state index in [1.807, 2.05) is 0 Å². The smallest absolute Gasteiger partial charge is 0.449 e. The number of carboxylic acids is 1. The third-order valence-corrected chi connectivity index (χ3v) is 9.83. The molecule has 9 atom stereocenters. The van der Waals surface area contributed by atoms with Crippen molar-refractivity contribution in [1.82, 2.24) is 0 Å². The fraction of sp³-hybridized carbons (Fsp3) is 0.593. The molecule has 2 N–H and O–H groups in total. The van der Waals surface area contributed by atoms with Gasteiger partial charge >= 0.3 is 18.1 Å². The molecular weight excluding hydrogens is 531 g/mol. The van der Waals surface area contributed by atoms with Crippen molar-refractivity contribution < 1.29 is 55.7 Å². The molecule has 1 aromatic rings. The first-order valence-corrected chi connectivity index (χ1v) is 12.5. The van der Waals surface area contributed by atoms with Crippen LogP contribution in [0, 0.1) is 28.6 Å². The lowest BCUT2D eigenvalue weighted by Crippen LogP contribution is -2.71. The molecule has 5 rings (SSSR count). The minimum atomic E-state index is -4.90. The van der Waals surface area contributed by atoms with Crippen LogP contribution in [-0.2, 0) is 20.5 Å². The van der Waals surface area contributed by atoms with E-state index >= 15 is 8.78 Å². The summed E-state index contributed by atoms with van der Waals surface area (Å²) in [5.41, 5.74) is -8.32. The average molecular weight is 558 g/mol. The van der Waals surface area contributed by atoms with Gasteiger partial charge in [0.15, 0.2) is 11.5 Å². The molecule has 0 radical (unpaired) electrons. The van der Waals surface area contributed by atoms with E-state index in [0.717, 1.165) is 12.2 Å². The summed E-state index contributed by atoms with van der Waals surface area (Å²) < 4.78 is 81.9. The van der Waals surface area contributed by atoms with E-state index < -0.39 is 100 Å². The number of aliphatic hydroxyl groups excluding tert-OH is 1. The fourth-order valence-electron chi connectivity index (χ4n) is 8.04. The molecule has 3 saturated carbocycles. The lowest BCUT2D eigenvalue weighted by Gasteiger charge is -2.62. The SMILES string of the molecule is CC1C[C@H]2[C@@H]3C[C@H](F)C4=CC(=O)C=C[C@]4(C)[C@@]3(F)[C@@H](O)C[C@]2(C)[C@@]1(OC(=O)c1ccc(C(F)(F)F)o1)C(=O)O. The quantitative estimate of drug-likeness (QED) is 0.403. The molecule has 0 bridgehead atoms. The summed E-state index contributed by atoms with van der Waals surface area (Å²) in [6, 6.07) is 1.22. The number of hydrogen-bond donors (Lipinski definition) is 2. The second-order valence-corrected chi connectivity index (χ2v) is 11.6. The van der Waals surface area contributed by atoms with Crippen LogP contribution >= 0.6 is 0 Å². The zero-order valence-corrected chi connectivity index (χ0v) is 21.2. The normalized spacial score (nSPS) is 43.3. The van der Waals surface area contributed by atoms with Gasteiger partial charge in [0, 0.05) is 22.7 Å². The second kappa shape index (κ2) is 8.25. The van der Waals surface area contributed by atoms with E-state index in [1.165, 1.54) is 26.8 Å². The van der Waals surface area contributed by atoms with Crippen LogP contribution in [0.5, 0.6) is 0 Å². The van der Waals surface area contributed by atoms with Gasteiger partial charge in [-0.25, -0.2) is 18.4 Å². The maximum atomic E-state index is 17.3. The summed E-state index contributed by atoms with van der Waals surface area (Å²) in [6.45, 7) is 4.25. The first kappa shape index (κ1) is 27.5. The maximum Gasteiger partial charge on any atom is 0.449 e. The van der Waals surface area contributed by atoms with Gasteiger partial charge in [-0.3, -0.25) is 4.79 Å². The maximum absolute atomic E-state index is 17.3. The minimum absolute atomic E-state index is 0.0322. The monoisotopic (exact) mass is 558 g/mol. The number of fused-ring (bicyclic) bond motifs is 5. The number of hydrogen-bond acceptors (Lipinski definition) is 6. The Bertz CT molecular complexity index is 1320. The van der Waals surface area contributed by atoms with Crippen molar-refractivity contribution in [3.8, 4) is 0 Å². The van der Waals surface area contributed by atoms with Gasteiger partial charge in [0.05, 0.1) is 6.10 Å². The van der Waals surface area contributed by atoms with E-state index in [0.29, 0.717) is 12.1 Å². The van der Waals surface area contributed by atoms with Crippen LogP contribution in [0.15, 0.2) is 40.4 Å². The average Bonchev–Trinajstić information content (AvgIpc) is 3.41. The van der Waals surface area contributed by atoms with E-state index in [2.05, 4.69) is 4.42 Å². The van der Waals surface area contributed by atoms with Crippen LogP contribution < -0.4 is 0 Å². The zero-order valence-electron chi connectivity index (χ0n) is 21.2. The molecule has 1 aromatic heterocycles. The Balaban J connectivity index is 1.58. The molecule has 12 heteroatoms. The largest absolute Gasteiger partial charge is 0.478 e. The van der Waals surface area contributed by atoms with E-state index in [9.17, 15) is 37.8 Å². The highest BCUT2D eigenvalue weighted by atomic mass is 19.4. The van der Waals surface area contributed by atoms with Crippen LogP contribution in [0.4, 0.5) is 22.0 Å². The molecule has 7 nitrogen and oxygen atoms in total. The van der Waals surface area contributed by atoms with Crippen LogP contribution in [0.3, 0.4) is 0 Å². The van der Waals surface area contributed by atoms with Crippen LogP contribution in [0.25, 0.3) is 0 Å². The van der Waals surface area contributed by atoms with Crippen molar-refractivity contribution in [2.45, 2.75) is 69.8 Å². The Morgan fingerprint density at radius 3 is 2.41 bits per heavy atom. The first-order chi connectivity index (χ1) is 17.9. The number of carboxylic acid groups (broad SMARTS) is 1. The number of carbonyl (C=O) groups is 3. The molecule has 0 saturated heterocycles. The van der Waals surface area contributed by atoms with Gasteiger partial charge in [-0.2, -0.15) is 13.2 Å². The van der Waals surface area contributed by atoms with Crippen molar-refractivity contribution in [3.05, 3.63) is 47.5 Å². The Labute approximate surface area is 219 Å². The molecule has 4 aliphatic carbocycles. The summed E-state index contributed by atoms with van der Waals surface area (Å²) in [5.74, 6) is -9.10. The second-order valence-electron chi connectivity index (χ2n) is 11.6. The third kappa shape index (κ3) is 3.39. The molecule has 4 aliphatic rings. The van der Waals surface area contributed by atoms with Gasteiger partial charge in [-0.05, 0) is 62.0 Å². The van der Waals surface area contributed by atoms with Gasteiger partial charge in [-0.1, -0.05) is 19.9 Å². The fourth-order valence-corrected chi connectivity index (χ4v) is 8.04. The molecule has 0 aliphatic heterocycles. The standard InChI is InChI=1S/C27H27F5O7/c1-12-8-14-15-10-17(28)16-9-13(33)6-7-23(16,2)25(15,29)19(34)11-24(14,3)26(12,22(36)37)39-21(35)18-4-5-20(38-18)27(30,31)32/h4-7,9,12,14-15,17,19,34H,8,10-11H2,1-3H3,(H,36,37)/t12?,14-,15-,17-,19-,23-,24-,25-,26-/m0/s1. The Hall–Kier alpha value is -3.02. The van der Waals surface area contributed by atoms with Gasteiger partial charge < -0.3 is 19.4 Å². The molecule has 0 amide bonds.